The molecule has 0 aliphatic rings. The van der Waals surface area contributed by atoms with Gasteiger partial charge in [-0.2, -0.15) is 5.43 Å². The fourth-order valence-corrected chi connectivity index (χ4v) is 5.50. The molecule has 0 radical (unpaired) electrons. The largest absolute Gasteiger partial charge is 0.270 e. The zero-order chi connectivity index (χ0) is 27.4. The highest BCUT2D eigenvalue weighted by molar-refractivity contribution is 5.82. The Morgan fingerprint density at radius 3 is 1.13 bits per heavy atom. The zero-order valence-corrected chi connectivity index (χ0v) is 24.3. The molecule has 0 aromatic heterocycles. The van der Waals surface area contributed by atoms with E-state index in [1.54, 1.807) is 0 Å². The number of benzene rings is 3. The van der Waals surface area contributed by atoms with Gasteiger partial charge in [0.1, 0.15) is 0 Å². The van der Waals surface area contributed by atoms with Gasteiger partial charge in [0.05, 0.1) is 0 Å². The van der Waals surface area contributed by atoms with E-state index >= 15 is 0 Å². The van der Waals surface area contributed by atoms with Crippen LogP contribution in [0.2, 0.25) is 0 Å². The van der Waals surface area contributed by atoms with E-state index in [0.29, 0.717) is 6.42 Å². The molecule has 1 N–H and O–H groups in total. The average Bonchev–Trinajstić information content (AvgIpc) is 2.99. The van der Waals surface area contributed by atoms with Crippen LogP contribution in [0.15, 0.2) is 91.0 Å². The van der Waals surface area contributed by atoms with Crippen LogP contribution in [0.25, 0.3) is 0 Å². The average molecular weight is 528 g/mol. The van der Waals surface area contributed by atoms with Gasteiger partial charge in [-0.25, -0.2) is 0 Å². The van der Waals surface area contributed by atoms with Gasteiger partial charge in [0.15, 0.2) is 17.1 Å². The van der Waals surface area contributed by atoms with Crippen LogP contribution in [-0.4, -0.2) is 5.91 Å². The molecule has 0 atom stereocenters. The molecule has 0 spiro atoms. The quantitative estimate of drug-likeness (QED) is 0.0883. The van der Waals surface area contributed by atoms with E-state index in [1.165, 1.54) is 83.5 Å². The SMILES string of the molecule is CCCCCCCCCCCCCCCCCC(=O)N[N+](c1ccccc1)(c1ccccc1)c1ccccc1. The molecule has 3 nitrogen and oxygen atoms in total. The molecule has 3 rings (SSSR count). The van der Waals surface area contributed by atoms with E-state index in [1.807, 2.05) is 54.6 Å². The van der Waals surface area contributed by atoms with Crippen LogP contribution in [0.5, 0.6) is 0 Å². The van der Waals surface area contributed by atoms with Gasteiger partial charge in [0.25, 0.3) is 5.91 Å². The number of hydrogen-bond donors (Lipinski definition) is 1. The number of hydrogen-bond acceptors (Lipinski definition) is 1. The minimum absolute atomic E-state index is 0.0845. The summed E-state index contributed by atoms with van der Waals surface area (Å²) >= 11 is 0. The molecular formula is C36H51N2O+. The van der Waals surface area contributed by atoms with Crippen molar-refractivity contribution in [3.05, 3.63) is 91.0 Å². The van der Waals surface area contributed by atoms with Gasteiger partial charge in [0.2, 0.25) is 0 Å². The Morgan fingerprint density at radius 1 is 0.487 bits per heavy atom. The van der Waals surface area contributed by atoms with Crippen molar-refractivity contribution in [2.75, 3.05) is 0 Å². The lowest BCUT2D eigenvalue weighted by Crippen LogP contribution is -2.54. The summed E-state index contributed by atoms with van der Waals surface area (Å²) in [4.78, 5) is 13.4. The molecule has 1 amide bonds. The van der Waals surface area contributed by atoms with Gasteiger partial charge in [-0.3, -0.25) is 4.79 Å². The summed E-state index contributed by atoms with van der Waals surface area (Å²) in [6.45, 7) is 2.28. The van der Waals surface area contributed by atoms with E-state index in [-0.39, 0.29) is 10.5 Å². The second-order valence-electron chi connectivity index (χ2n) is 10.9. The van der Waals surface area contributed by atoms with Crippen molar-refractivity contribution in [1.82, 2.24) is 10.0 Å². The predicted molar refractivity (Wildman–Crippen MR) is 168 cm³/mol. The van der Waals surface area contributed by atoms with Gasteiger partial charge in [-0.05, 0) is 6.42 Å². The Hall–Kier alpha value is -2.91. The first-order chi connectivity index (χ1) is 19.3. The molecular weight excluding hydrogens is 476 g/mol. The van der Waals surface area contributed by atoms with E-state index in [4.69, 9.17) is 0 Å². The summed E-state index contributed by atoms with van der Waals surface area (Å²) in [5.74, 6) is 0.0845. The molecule has 0 aliphatic carbocycles. The fourth-order valence-electron chi connectivity index (χ4n) is 5.50. The van der Waals surface area contributed by atoms with Gasteiger partial charge in [0, 0.05) is 42.8 Å². The highest BCUT2D eigenvalue weighted by Gasteiger charge is 2.38. The fraction of sp³-hybridized carbons (Fsp3) is 0.472. The van der Waals surface area contributed by atoms with Gasteiger partial charge in [-0.1, -0.05) is 151 Å². The maximum Gasteiger partial charge on any atom is 0.266 e. The van der Waals surface area contributed by atoms with E-state index in [0.717, 1.165) is 29.9 Å². The molecule has 0 unspecified atom stereocenters. The number of carbonyl (C=O) groups is 1. The second-order valence-corrected chi connectivity index (χ2v) is 10.9. The lowest BCUT2D eigenvalue weighted by molar-refractivity contribution is -0.123. The van der Waals surface area contributed by atoms with E-state index in [2.05, 4.69) is 48.7 Å². The van der Waals surface area contributed by atoms with Crippen LogP contribution in [0.3, 0.4) is 0 Å². The van der Waals surface area contributed by atoms with Crippen molar-refractivity contribution in [3.63, 3.8) is 0 Å². The first-order valence-corrected chi connectivity index (χ1v) is 15.6. The standard InChI is InChI=1S/C36H50N2O/c1-2-3-4-5-6-7-8-9-10-11-12-13-14-15-25-32-36(39)37-38(33-26-19-16-20-27-33,34-28-21-17-22-29-34)35-30-23-18-24-31-35/h16-24,26-31H,2-15,25,32H2,1H3/p+1. The van der Waals surface area contributed by atoms with Crippen molar-refractivity contribution < 1.29 is 4.79 Å². The number of quaternary nitrogens is 1. The number of nitrogens with one attached hydrogen (secondary N) is 1. The molecule has 0 fully saturated rings. The molecule has 0 saturated carbocycles. The number of nitrogens with zero attached hydrogens (tertiary/aromatic N) is 1. The number of carbonyl (C=O) groups excluding carboxylic acids is 1. The Labute approximate surface area is 238 Å². The molecule has 0 heterocycles. The number of unbranched alkanes of at least 4 members (excludes halogenated alkanes) is 14. The molecule has 39 heavy (non-hydrogen) atoms. The Morgan fingerprint density at radius 2 is 0.795 bits per heavy atom. The van der Waals surface area contributed by atoms with Gasteiger partial charge >= 0.3 is 0 Å². The first kappa shape index (κ1) is 30.6. The summed E-state index contributed by atoms with van der Waals surface area (Å²) in [7, 11) is 0. The minimum atomic E-state index is 0.0845. The molecule has 0 bridgehead atoms. The van der Waals surface area contributed by atoms with E-state index in [9.17, 15) is 4.79 Å². The van der Waals surface area contributed by atoms with Crippen LogP contribution in [-0.2, 0) is 4.79 Å². The van der Waals surface area contributed by atoms with Crippen molar-refractivity contribution in [3.8, 4) is 0 Å². The summed E-state index contributed by atoms with van der Waals surface area (Å²) < 4.78 is 0.181. The third kappa shape index (κ3) is 10.3. The van der Waals surface area contributed by atoms with Crippen molar-refractivity contribution in [1.29, 1.82) is 0 Å². The Bertz CT molecular complexity index is 923. The highest BCUT2D eigenvalue weighted by Crippen LogP contribution is 2.41. The van der Waals surface area contributed by atoms with Crippen molar-refractivity contribution >= 4 is 23.0 Å². The maximum atomic E-state index is 13.4. The smallest absolute Gasteiger partial charge is 0.266 e. The molecule has 0 aliphatic heterocycles. The summed E-state index contributed by atoms with van der Waals surface area (Å²) in [6.07, 6.45) is 20.4. The maximum absolute atomic E-state index is 13.4. The number of rotatable bonds is 20. The molecule has 0 saturated heterocycles. The molecule has 3 aromatic carbocycles. The summed E-state index contributed by atoms with van der Waals surface area (Å²) in [5, 5.41) is 0. The number of para-hydroxylation sites is 3. The summed E-state index contributed by atoms with van der Waals surface area (Å²) in [6, 6.07) is 30.8. The van der Waals surface area contributed by atoms with Crippen LogP contribution < -0.4 is 10.0 Å². The van der Waals surface area contributed by atoms with Crippen LogP contribution >= 0.6 is 0 Å². The number of amides is 1. The highest BCUT2D eigenvalue weighted by atomic mass is 16.2. The van der Waals surface area contributed by atoms with Gasteiger partial charge in [-0.15, -0.1) is 4.59 Å². The van der Waals surface area contributed by atoms with Crippen molar-refractivity contribution in [2.45, 2.75) is 110 Å². The van der Waals surface area contributed by atoms with E-state index < -0.39 is 0 Å². The molecule has 3 aromatic rings. The van der Waals surface area contributed by atoms with Gasteiger partial charge < -0.3 is 0 Å². The first-order valence-electron chi connectivity index (χ1n) is 15.6. The summed E-state index contributed by atoms with van der Waals surface area (Å²) in [5.41, 5.74) is 6.47. The third-order valence-corrected chi connectivity index (χ3v) is 7.73. The zero-order valence-electron chi connectivity index (χ0n) is 24.3. The normalized spacial score (nSPS) is 11.4. The topological polar surface area (TPSA) is 29.1 Å². The van der Waals surface area contributed by atoms with Crippen LogP contribution in [0, 0.1) is 0 Å². The monoisotopic (exact) mass is 527 g/mol. The second kappa shape index (κ2) is 18.4. The lowest BCUT2D eigenvalue weighted by atomic mass is 10.0. The molecule has 210 valence electrons. The lowest BCUT2D eigenvalue weighted by Gasteiger charge is -2.36. The predicted octanol–water partition coefficient (Wildman–Crippen LogP) is 10.9. The minimum Gasteiger partial charge on any atom is -0.270 e. The van der Waals surface area contributed by atoms with Crippen molar-refractivity contribution in [2.24, 2.45) is 0 Å². The van der Waals surface area contributed by atoms with Crippen LogP contribution in [0.1, 0.15) is 110 Å². The third-order valence-electron chi connectivity index (χ3n) is 7.73. The Kier molecular flexibility index (Phi) is 14.4. The Balaban J connectivity index is 1.43. The molecule has 3 heteroatoms. The van der Waals surface area contributed by atoms with Crippen LogP contribution in [0.4, 0.5) is 17.1 Å².